The molecule has 1 amide bonds. The Balaban J connectivity index is 2.76. The summed E-state index contributed by atoms with van der Waals surface area (Å²) in [5.41, 5.74) is 5.24. The summed E-state index contributed by atoms with van der Waals surface area (Å²) in [5.74, 6) is -0.521. The summed E-state index contributed by atoms with van der Waals surface area (Å²) in [4.78, 5) is 13.2. The highest BCUT2D eigenvalue weighted by molar-refractivity contribution is 5.84. The van der Waals surface area contributed by atoms with Gasteiger partial charge in [0.25, 0.3) is 0 Å². The van der Waals surface area contributed by atoms with Crippen LogP contribution in [0.4, 0.5) is 4.39 Å². The number of hydrogen-bond acceptors (Lipinski definition) is 2. The van der Waals surface area contributed by atoms with Crippen molar-refractivity contribution < 1.29 is 9.18 Å². The van der Waals surface area contributed by atoms with Crippen molar-refractivity contribution >= 4 is 5.91 Å². The zero-order valence-electron chi connectivity index (χ0n) is 9.83. The summed E-state index contributed by atoms with van der Waals surface area (Å²) in [6.45, 7) is 3.49. The number of rotatable bonds is 3. The molecule has 0 aromatic heterocycles. The molecule has 0 aliphatic rings. The number of nitrogens with two attached hydrogens (primary N) is 1. The number of benzene rings is 1. The minimum atomic E-state index is -0.931. The second-order valence-corrected chi connectivity index (χ2v) is 4.47. The molecule has 0 bridgehead atoms. The number of hydrogen-bond donors (Lipinski definition) is 1. The molecule has 0 aliphatic carbocycles. The van der Waals surface area contributed by atoms with Gasteiger partial charge in [-0.05, 0) is 19.9 Å². The Morgan fingerprint density at radius 2 is 2.00 bits per heavy atom. The Kier molecular flexibility index (Phi) is 3.65. The molecule has 4 heteroatoms. The van der Waals surface area contributed by atoms with Gasteiger partial charge < -0.3 is 10.6 Å². The molecule has 1 aromatic carbocycles. The quantitative estimate of drug-likeness (QED) is 0.846. The lowest BCUT2D eigenvalue weighted by molar-refractivity contribution is -0.135. The first-order chi connectivity index (χ1) is 7.32. The van der Waals surface area contributed by atoms with Crippen molar-refractivity contribution in [2.45, 2.75) is 25.9 Å². The van der Waals surface area contributed by atoms with Crippen molar-refractivity contribution in [1.82, 2.24) is 4.90 Å². The molecule has 0 spiro atoms. The topological polar surface area (TPSA) is 46.3 Å². The molecule has 0 fully saturated rings. The fraction of sp³-hybridized carbons (Fsp3) is 0.417. The third-order valence-electron chi connectivity index (χ3n) is 2.26. The average Bonchev–Trinajstić information content (AvgIpc) is 2.19. The Labute approximate surface area is 95.0 Å². The molecule has 16 heavy (non-hydrogen) atoms. The Morgan fingerprint density at radius 3 is 2.50 bits per heavy atom. The van der Waals surface area contributed by atoms with E-state index in [1.807, 2.05) is 0 Å². The predicted molar refractivity (Wildman–Crippen MR) is 61.1 cm³/mol. The summed E-state index contributed by atoms with van der Waals surface area (Å²) >= 11 is 0. The highest BCUT2D eigenvalue weighted by Crippen LogP contribution is 2.11. The zero-order chi connectivity index (χ0) is 12.3. The monoisotopic (exact) mass is 224 g/mol. The molecule has 0 unspecified atom stereocenters. The van der Waals surface area contributed by atoms with Crippen molar-refractivity contribution in [3.63, 3.8) is 0 Å². The van der Waals surface area contributed by atoms with E-state index in [1.165, 1.54) is 11.0 Å². The highest BCUT2D eigenvalue weighted by atomic mass is 19.1. The lowest BCUT2D eigenvalue weighted by atomic mass is 10.1. The van der Waals surface area contributed by atoms with E-state index >= 15 is 0 Å². The summed E-state index contributed by atoms with van der Waals surface area (Å²) < 4.78 is 13.3. The molecule has 88 valence electrons. The van der Waals surface area contributed by atoms with Gasteiger partial charge in [-0.1, -0.05) is 18.2 Å². The molecule has 0 saturated heterocycles. The van der Waals surface area contributed by atoms with E-state index in [4.69, 9.17) is 5.73 Å². The normalized spacial score (nSPS) is 11.3. The maximum Gasteiger partial charge on any atom is 0.242 e. The van der Waals surface area contributed by atoms with E-state index in [1.54, 1.807) is 39.1 Å². The minimum Gasteiger partial charge on any atom is -0.340 e. The summed E-state index contributed by atoms with van der Waals surface area (Å²) in [7, 11) is 1.61. The van der Waals surface area contributed by atoms with Crippen LogP contribution in [0.15, 0.2) is 24.3 Å². The van der Waals surface area contributed by atoms with Gasteiger partial charge in [-0.25, -0.2) is 4.39 Å². The smallest absolute Gasteiger partial charge is 0.242 e. The molecule has 1 rings (SSSR count). The van der Waals surface area contributed by atoms with Crippen molar-refractivity contribution in [1.29, 1.82) is 0 Å². The molecule has 3 nitrogen and oxygen atoms in total. The predicted octanol–water partition coefficient (Wildman–Crippen LogP) is 1.52. The SMILES string of the molecule is CN(Cc1ccccc1F)C(=O)C(C)(C)N. The van der Waals surface area contributed by atoms with Gasteiger partial charge in [-0.2, -0.15) is 0 Å². The van der Waals surface area contributed by atoms with Gasteiger partial charge >= 0.3 is 0 Å². The first-order valence-corrected chi connectivity index (χ1v) is 5.10. The second kappa shape index (κ2) is 4.61. The van der Waals surface area contributed by atoms with Gasteiger partial charge in [0.2, 0.25) is 5.91 Å². The zero-order valence-corrected chi connectivity index (χ0v) is 9.83. The van der Waals surface area contributed by atoms with E-state index in [2.05, 4.69) is 0 Å². The van der Waals surface area contributed by atoms with Crippen molar-refractivity contribution in [3.05, 3.63) is 35.6 Å². The fourth-order valence-corrected chi connectivity index (χ4v) is 1.45. The molecular formula is C12H17FN2O. The molecule has 0 atom stereocenters. The Hall–Kier alpha value is -1.42. The standard InChI is InChI=1S/C12H17FN2O/c1-12(2,14)11(16)15(3)8-9-6-4-5-7-10(9)13/h4-7H,8,14H2,1-3H3. The minimum absolute atomic E-state index is 0.212. The number of carbonyl (C=O) groups is 1. The van der Waals surface area contributed by atoms with E-state index in [0.29, 0.717) is 5.56 Å². The number of amides is 1. The van der Waals surface area contributed by atoms with E-state index < -0.39 is 5.54 Å². The number of carbonyl (C=O) groups excluding carboxylic acids is 1. The van der Waals surface area contributed by atoms with Crippen LogP contribution in [0.1, 0.15) is 19.4 Å². The van der Waals surface area contributed by atoms with Gasteiger partial charge in [0, 0.05) is 19.2 Å². The van der Waals surface area contributed by atoms with Gasteiger partial charge in [-0.3, -0.25) is 4.79 Å². The molecule has 0 heterocycles. The fourth-order valence-electron chi connectivity index (χ4n) is 1.45. The van der Waals surface area contributed by atoms with Gasteiger partial charge in [0.15, 0.2) is 0 Å². The molecule has 1 aromatic rings. The third kappa shape index (κ3) is 3.03. The Morgan fingerprint density at radius 1 is 1.44 bits per heavy atom. The third-order valence-corrected chi connectivity index (χ3v) is 2.26. The van der Waals surface area contributed by atoms with Crippen molar-refractivity contribution in [2.24, 2.45) is 5.73 Å². The van der Waals surface area contributed by atoms with Gasteiger partial charge in [-0.15, -0.1) is 0 Å². The van der Waals surface area contributed by atoms with Crippen LogP contribution in [0.25, 0.3) is 0 Å². The second-order valence-electron chi connectivity index (χ2n) is 4.47. The number of halogens is 1. The molecule has 0 saturated carbocycles. The van der Waals surface area contributed by atoms with Crippen LogP contribution in [0, 0.1) is 5.82 Å². The van der Waals surface area contributed by atoms with Crippen LogP contribution in [0.2, 0.25) is 0 Å². The van der Waals surface area contributed by atoms with E-state index in [9.17, 15) is 9.18 Å². The van der Waals surface area contributed by atoms with Crippen LogP contribution >= 0.6 is 0 Å². The van der Waals surface area contributed by atoms with E-state index in [0.717, 1.165) is 0 Å². The highest BCUT2D eigenvalue weighted by Gasteiger charge is 2.25. The lowest BCUT2D eigenvalue weighted by Crippen LogP contribution is -2.49. The first-order valence-electron chi connectivity index (χ1n) is 5.10. The van der Waals surface area contributed by atoms with Gasteiger partial charge in [0.05, 0.1) is 5.54 Å². The maximum atomic E-state index is 13.3. The van der Waals surface area contributed by atoms with Crippen LogP contribution in [0.3, 0.4) is 0 Å². The molecular weight excluding hydrogens is 207 g/mol. The van der Waals surface area contributed by atoms with E-state index in [-0.39, 0.29) is 18.3 Å². The molecule has 2 N–H and O–H groups in total. The molecule has 0 aliphatic heterocycles. The van der Waals surface area contributed by atoms with Crippen LogP contribution < -0.4 is 5.73 Å². The Bertz CT molecular complexity index is 385. The van der Waals surface area contributed by atoms with Crippen molar-refractivity contribution in [3.8, 4) is 0 Å². The maximum absolute atomic E-state index is 13.3. The van der Waals surface area contributed by atoms with Crippen molar-refractivity contribution in [2.75, 3.05) is 7.05 Å². The number of nitrogens with zero attached hydrogens (tertiary/aromatic N) is 1. The first kappa shape index (κ1) is 12.6. The average molecular weight is 224 g/mol. The summed E-state index contributed by atoms with van der Waals surface area (Å²) in [6.07, 6.45) is 0. The number of likely N-dealkylation sites (N-methyl/N-ethyl adjacent to an activating group) is 1. The van der Waals surface area contributed by atoms with Crippen LogP contribution in [0.5, 0.6) is 0 Å². The van der Waals surface area contributed by atoms with Crippen LogP contribution in [-0.2, 0) is 11.3 Å². The molecule has 0 radical (unpaired) electrons. The lowest BCUT2D eigenvalue weighted by Gasteiger charge is -2.26. The summed E-state index contributed by atoms with van der Waals surface area (Å²) in [5, 5.41) is 0. The van der Waals surface area contributed by atoms with Crippen LogP contribution in [-0.4, -0.2) is 23.4 Å². The summed E-state index contributed by atoms with van der Waals surface area (Å²) in [6, 6.07) is 6.39. The largest absolute Gasteiger partial charge is 0.340 e. The van der Waals surface area contributed by atoms with Gasteiger partial charge in [0.1, 0.15) is 5.82 Å².